The van der Waals surface area contributed by atoms with E-state index in [4.69, 9.17) is 32.9 Å². The number of rotatable bonds is 7. The number of anilines is 1. The summed E-state index contributed by atoms with van der Waals surface area (Å²) in [6.07, 6.45) is 7.54. The number of esters is 1. The molecule has 13 heteroatoms. The number of nitrogens with one attached hydrogen (secondary N) is 2. The molecule has 0 radical (unpaired) electrons. The minimum atomic E-state index is -0.557. The quantitative estimate of drug-likeness (QED) is 0.215. The van der Waals surface area contributed by atoms with E-state index in [0.717, 1.165) is 30.5 Å². The Kier molecular flexibility index (Phi) is 11.0. The van der Waals surface area contributed by atoms with Crippen LogP contribution in [-0.2, 0) is 14.3 Å². The van der Waals surface area contributed by atoms with Crippen LogP contribution < -0.4 is 16.2 Å². The normalized spacial score (nSPS) is 17.4. The number of amides is 1. The summed E-state index contributed by atoms with van der Waals surface area (Å²) >= 11 is 12.3. The van der Waals surface area contributed by atoms with Crippen LogP contribution in [0.5, 0.6) is 0 Å². The zero-order chi connectivity index (χ0) is 33.6. The van der Waals surface area contributed by atoms with Gasteiger partial charge in [-0.1, -0.05) is 53.4 Å². The third-order valence-corrected chi connectivity index (χ3v) is 8.20. The Hall–Kier alpha value is -4.22. The Bertz CT molecular complexity index is 1780. The summed E-state index contributed by atoms with van der Waals surface area (Å²) in [6, 6.07) is 13.7. The molecule has 2 N–H and O–H groups in total. The first kappa shape index (κ1) is 34.1. The number of carbonyl (C=O) groups excluding carboxylic acids is 2. The number of ether oxygens (including phenoxy) is 1. The Morgan fingerprint density at radius 2 is 1.89 bits per heavy atom. The number of hydrogen-bond acceptors (Lipinski definition) is 8. The molecule has 0 saturated carbocycles. The lowest BCUT2D eigenvalue weighted by molar-refractivity contribution is -0.155. The predicted octanol–water partition coefficient (Wildman–Crippen LogP) is 6.37. The fourth-order valence-corrected chi connectivity index (χ4v) is 5.95. The van der Waals surface area contributed by atoms with E-state index in [0.29, 0.717) is 47.8 Å². The molecule has 0 aliphatic carbocycles. The van der Waals surface area contributed by atoms with E-state index in [1.165, 1.54) is 10.7 Å². The van der Waals surface area contributed by atoms with Crippen molar-refractivity contribution >= 4 is 40.8 Å². The second-order valence-corrected chi connectivity index (χ2v) is 13.4. The Morgan fingerprint density at radius 3 is 2.64 bits per heavy atom. The van der Waals surface area contributed by atoms with Crippen LogP contribution in [0, 0.1) is 0 Å². The van der Waals surface area contributed by atoms with Gasteiger partial charge in [0.15, 0.2) is 5.15 Å². The van der Waals surface area contributed by atoms with Crippen LogP contribution in [-0.4, -0.2) is 54.6 Å². The fraction of sp³-hybridized carbons (Fsp3) is 0.412. The predicted molar refractivity (Wildman–Crippen MR) is 182 cm³/mol. The number of hydrogen-bond donors (Lipinski definition) is 2. The minimum Gasteiger partial charge on any atom is -0.460 e. The molecule has 248 valence electrons. The van der Waals surface area contributed by atoms with E-state index < -0.39 is 11.6 Å². The van der Waals surface area contributed by atoms with Gasteiger partial charge in [0, 0.05) is 35.3 Å². The first-order valence-electron chi connectivity index (χ1n) is 15.8. The van der Waals surface area contributed by atoms with Gasteiger partial charge in [0.1, 0.15) is 11.6 Å². The smallest absolute Gasteiger partial charge is 0.306 e. The van der Waals surface area contributed by atoms with Crippen molar-refractivity contribution in [2.24, 2.45) is 0 Å². The van der Waals surface area contributed by atoms with Crippen molar-refractivity contribution in [1.82, 2.24) is 29.9 Å². The molecule has 0 unspecified atom stereocenters. The molecule has 2 aromatic heterocycles. The highest BCUT2D eigenvalue weighted by atomic mass is 35.5. The average Bonchev–Trinajstić information content (AvgIpc) is 3.45. The number of aromatic nitrogens is 5. The standard InChI is InChI=1S/C34H39Cl2N7O4/c1-34(2,3)47-32(45)13-8-11-26-33(46)37-16-6-4-5-12-28(22-9-7-10-24(17-22)39-26)42-21-38-27(19-31(42)44)25-18-23(35)14-15-29(25)43-20-30(36)40-41-43/h7,9-10,14-15,17-21,26,28,39H,4-6,8,11-13,16H2,1-3H3,(H,37,46)/t26-,28+/m1/s1. The van der Waals surface area contributed by atoms with Crippen LogP contribution in [0.2, 0.25) is 10.2 Å². The molecule has 0 saturated heterocycles. The van der Waals surface area contributed by atoms with E-state index >= 15 is 0 Å². The number of halogens is 2. The van der Waals surface area contributed by atoms with Crippen molar-refractivity contribution in [3.8, 4) is 16.9 Å². The maximum Gasteiger partial charge on any atom is 0.306 e. The van der Waals surface area contributed by atoms with Gasteiger partial charge in [-0.15, -0.1) is 5.10 Å². The van der Waals surface area contributed by atoms with E-state index in [2.05, 4.69) is 20.9 Å². The van der Waals surface area contributed by atoms with Crippen LogP contribution in [0.1, 0.15) is 77.3 Å². The highest BCUT2D eigenvalue weighted by molar-refractivity contribution is 6.31. The summed E-state index contributed by atoms with van der Waals surface area (Å²) < 4.78 is 8.60. The summed E-state index contributed by atoms with van der Waals surface area (Å²) in [5, 5.41) is 15.0. The van der Waals surface area contributed by atoms with Gasteiger partial charge in [0.2, 0.25) is 5.91 Å². The minimum absolute atomic E-state index is 0.111. The highest BCUT2D eigenvalue weighted by Gasteiger charge is 2.23. The van der Waals surface area contributed by atoms with Crippen molar-refractivity contribution in [2.75, 3.05) is 11.9 Å². The van der Waals surface area contributed by atoms with Crippen LogP contribution in [0.15, 0.2) is 65.8 Å². The van der Waals surface area contributed by atoms with Crippen LogP contribution in [0.4, 0.5) is 5.69 Å². The van der Waals surface area contributed by atoms with Gasteiger partial charge in [0.25, 0.3) is 5.56 Å². The SMILES string of the molecule is CC(C)(C)OC(=O)CCC[C@H]1Nc2cccc(c2)[C@@H](n2cnc(-c3cc(Cl)ccc3-n3cc(Cl)nn3)cc2=O)CCCCCNC1=O. The van der Waals surface area contributed by atoms with Gasteiger partial charge < -0.3 is 15.4 Å². The summed E-state index contributed by atoms with van der Waals surface area (Å²) in [7, 11) is 0. The molecular weight excluding hydrogens is 641 g/mol. The first-order valence-corrected chi connectivity index (χ1v) is 16.5. The van der Waals surface area contributed by atoms with E-state index in [1.54, 1.807) is 35.3 Å². The summed E-state index contributed by atoms with van der Waals surface area (Å²) in [6.45, 7) is 6.04. The first-order chi connectivity index (χ1) is 22.5. The lowest BCUT2D eigenvalue weighted by Gasteiger charge is -2.23. The van der Waals surface area contributed by atoms with Crippen molar-refractivity contribution in [3.05, 3.63) is 87.1 Å². The molecule has 0 fully saturated rings. The summed E-state index contributed by atoms with van der Waals surface area (Å²) in [4.78, 5) is 43.9. The molecular formula is C34H39Cl2N7O4. The van der Waals surface area contributed by atoms with Crippen molar-refractivity contribution in [2.45, 2.75) is 83.4 Å². The Balaban J connectivity index is 1.41. The van der Waals surface area contributed by atoms with Gasteiger partial charge in [-0.2, -0.15) is 0 Å². The topological polar surface area (TPSA) is 133 Å². The van der Waals surface area contributed by atoms with Crippen LogP contribution in [0.25, 0.3) is 16.9 Å². The molecule has 1 aliphatic rings. The van der Waals surface area contributed by atoms with Gasteiger partial charge in [-0.3, -0.25) is 19.0 Å². The van der Waals surface area contributed by atoms with Gasteiger partial charge in [0.05, 0.1) is 29.9 Å². The molecule has 3 heterocycles. The van der Waals surface area contributed by atoms with Gasteiger partial charge in [-0.25, -0.2) is 9.67 Å². The molecule has 2 bridgehead atoms. The number of nitrogens with zero attached hydrogens (tertiary/aromatic N) is 5. The average molecular weight is 681 g/mol. The van der Waals surface area contributed by atoms with Crippen LogP contribution >= 0.6 is 23.2 Å². The maximum absolute atomic E-state index is 13.8. The summed E-state index contributed by atoms with van der Waals surface area (Å²) in [5.41, 5.74) is 2.56. The third kappa shape index (κ3) is 9.20. The molecule has 2 aromatic carbocycles. The monoisotopic (exact) mass is 679 g/mol. The zero-order valence-electron chi connectivity index (χ0n) is 26.7. The van der Waals surface area contributed by atoms with E-state index in [-0.39, 0.29) is 35.1 Å². The number of fused-ring (bicyclic) bond motifs is 2. The second kappa shape index (κ2) is 15.1. The van der Waals surface area contributed by atoms with Gasteiger partial charge in [-0.05, 0) is 82.3 Å². The third-order valence-electron chi connectivity index (χ3n) is 7.79. The van der Waals surface area contributed by atoms with Gasteiger partial charge >= 0.3 is 5.97 Å². The fourth-order valence-electron chi connectivity index (χ4n) is 5.66. The molecule has 47 heavy (non-hydrogen) atoms. The maximum atomic E-state index is 13.8. The van der Waals surface area contributed by atoms with E-state index in [1.807, 2.05) is 45.0 Å². The zero-order valence-corrected chi connectivity index (χ0v) is 28.2. The number of benzene rings is 2. The Labute approximate surface area is 283 Å². The molecule has 4 aromatic rings. The lowest BCUT2D eigenvalue weighted by atomic mass is 9.99. The summed E-state index contributed by atoms with van der Waals surface area (Å²) in [5.74, 6) is -0.396. The highest BCUT2D eigenvalue weighted by Crippen LogP contribution is 2.30. The van der Waals surface area contributed by atoms with Crippen molar-refractivity contribution in [1.29, 1.82) is 0 Å². The molecule has 0 spiro atoms. The molecule has 5 rings (SSSR count). The second-order valence-electron chi connectivity index (χ2n) is 12.6. The molecule has 11 nitrogen and oxygen atoms in total. The lowest BCUT2D eigenvalue weighted by Crippen LogP contribution is -2.40. The molecule has 1 amide bonds. The largest absolute Gasteiger partial charge is 0.460 e. The number of carbonyl (C=O) groups is 2. The van der Waals surface area contributed by atoms with Crippen molar-refractivity contribution < 1.29 is 14.3 Å². The molecule has 1 aliphatic heterocycles. The van der Waals surface area contributed by atoms with Crippen LogP contribution in [0.3, 0.4) is 0 Å². The molecule has 2 atom stereocenters. The van der Waals surface area contributed by atoms with E-state index in [9.17, 15) is 14.4 Å². The van der Waals surface area contributed by atoms with Crippen molar-refractivity contribution in [3.63, 3.8) is 0 Å². The Morgan fingerprint density at radius 1 is 1.06 bits per heavy atom.